The molecule has 152 valence electrons. The molecule has 0 aromatic heterocycles. The van der Waals surface area contributed by atoms with Crippen molar-refractivity contribution in [1.82, 2.24) is 10.2 Å². The van der Waals surface area contributed by atoms with Gasteiger partial charge in [0.15, 0.2) is 6.10 Å². The Hall–Kier alpha value is -3.42. The Morgan fingerprint density at radius 2 is 1.86 bits per heavy atom. The molecule has 2 aromatic carbocycles. The number of benzene rings is 2. The van der Waals surface area contributed by atoms with Crippen molar-refractivity contribution in [2.24, 2.45) is 0 Å². The lowest BCUT2D eigenvalue weighted by molar-refractivity contribution is -0.155. The van der Waals surface area contributed by atoms with Crippen LogP contribution in [-0.2, 0) is 19.1 Å². The van der Waals surface area contributed by atoms with Crippen LogP contribution in [0.4, 0.5) is 10.5 Å². The fourth-order valence-electron chi connectivity index (χ4n) is 3.06. The van der Waals surface area contributed by atoms with Crippen molar-refractivity contribution in [2.75, 3.05) is 11.9 Å². The SMILES string of the molecule is CC[C@]1(C)NC(=O)N(CC(=O)O[C@@H](C)C(=O)Nc2ccc3ccccc3c2)C1=O. The third-order valence-corrected chi connectivity index (χ3v) is 5.03. The van der Waals surface area contributed by atoms with Crippen molar-refractivity contribution in [2.45, 2.75) is 38.8 Å². The summed E-state index contributed by atoms with van der Waals surface area (Å²) in [5.41, 5.74) is -0.458. The minimum atomic E-state index is -1.09. The lowest BCUT2D eigenvalue weighted by Crippen LogP contribution is -2.44. The average molecular weight is 397 g/mol. The number of ether oxygens (including phenoxy) is 1. The topological polar surface area (TPSA) is 105 Å². The highest BCUT2D eigenvalue weighted by molar-refractivity contribution is 6.08. The first-order valence-corrected chi connectivity index (χ1v) is 9.37. The lowest BCUT2D eigenvalue weighted by atomic mass is 9.99. The van der Waals surface area contributed by atoms with E-state index in [-0.39, 0.29) is 0 Å². The normalized spacial score (nSPS) is 19.8. The van der Waals surface area contributed by atoms with Gasteiger partial charge in [0.25, 0.3) is 11.8 Å². The maximum atomic E-state index is 12.4. The predicted octanol–water partition coefficient (Wildman–Crippen LogP) is 2.43. The number of imide groups is 1. The molecule has 0 aliphatic carbocycles. The number of anilines is 1. The molecule has 1 aliphatic rings. The first kappa shape index (κ1) is 20.3. The van der Waals surface area contributed by atoms with Crippen molar-refractivity contribution in [3.8, 4) is 0 Å². The number of esters is 1. The summed E-state index contributed by atoms with van der Waals surface area (Å²) >= 11 is 0. The molecule has 2 aromatic rings. The smallest absolute Gasteiger partial charge is 0.327 e. The van der Waals surface area contributed by atoms with Gasteiger partial charge in [-0.2, -0.15) is 0 Å². The van der Waals surface area contributed by atoms with E-state index in [9.17, 15) is 19.2 Å². The summed E-state index contributed by atoms with van der Waals surface area (Å²) in [4.78, 5) is 49.6. The molecular formula is C21H23N3O5. The van der Waals surface area contributed by atoms with Gasteiger partial charge in [-0.05, 0) is 43.2 Å². The van der Waals surface area contributed by atoms with E-state index in [2.05, 4.69) is 10.6 Å². The molecular weight excluding hydrogens is 374 g/mol. The van der Waals surface area contributed by atoms with Crippen LogP contribution in [0.5, 0.6) is 0 Å². The Morgan fingerprint density at radius 3 is 2.52 bits per heavy atom. The van der Waals surface area contributed by atoms with Gasteiger partial charge in [0.2, 0.25) is 0 Å². The Morgan fingerprint density at radius 1 is 1.17 bits per heavy atom. The molecule has 0 unspecified atom stereocenters. The number of rotatable bonds is 6. The molecule has 1 heterocycles. The van der Waals surface area contributed by atoms with E-state index >= 15 is 0 Å². The van der Waals surface area contributed by atoms with E-state index in [4.69, 9.17) is 4.74 Å². The number of carbonyl (C=O) groups excluding carboxylic acids is 4. The molecule has 1 saturated heterocycles. The minimum Gasteiger partial charge on any atom is -0.451 e. The molecule has 0 spiro atoms. The van der Waals surface area contributed by atoms with Crippen LogP contribution in [0, 0.1) is 0 Å². The first-order valence-electron chi connectivity index (χ1n) is 9.37. The zero-order valence-electron chi connectivity index (χ0n) is 16.5. The molecule has 4 amide bonds. The number of carbonyl (C=O) groups is 4. The van der Waals surface area contributed by atoms with E-state index in [0.29, 0.717) is 12.1 Å². The largest absolute Gasteiger partial charge is 0.451 e. The summed E-state index contributed by atoms with van der Waals surface area (Å²) in [6.07, 6.45) is -0.694. The first-order chi connectivity index (χ1) is 13.7. The van der Waals surface area contributed by atoms with Crippen molar-refractivity contribution >= 4 is 40.3 Å². The van der Waals surface area contributed by atoms with E-state index < -0.39 is 42.0 Å². The van der Waals surface area contributed by atoms with Crippen molar-refractivity contribution in [3.05, 3.63) is 42.5 Å². The molecule has 29 heavy (non-hydrogen) atoms. The fraction of sp³-hybridized carbons (Fsp3) is 0.333. The second kappa shape index (κ2) is 7.90. The van der Waals surface area contributed by atoms with Crippen LogP contribution >= 0.6 is 0 Å². The van der Waals surface area contributed by atoms with E-state index in [0.717, 1.165) is 15.7 Å². The maximum absolute atomic E-state index is 12.4. The quantitative estimate of drug-likeness (QED) is 0.575. The summed E-state index contributed by atoms with van der Waals surface area (Å²) in [5.74, 6) is -1.84. The lowest BCUT2D eigenvalue weighted by Gasteiger charge is -2.19. The summed E-state index contributed by atoms with van der Waals surface area (Å²) in [6, 6.07) is 12.5. The zero-order chi connectivity index (χ0) is 21.2. The molecule has 8 heteroatoms. The molecule has 8 nitrogen and oxygen atoms in total. The van der Waals surface area contributed by atoms with Crippen LogP contribution in [-0.4, -0.2) is 46.9 Å². The van der Waals surface area contributed by atoms with Crippen molar-refractivity contribution in [3.63, 3.8) is 0 Å². The van der Waals surface area contributed by atoms with Gasteiger partial charge < -0.3 is 15.4 Å². The Kier molecular flexibility index (Phi) is 5.54. The number of nitrogens with one attached hydrogen (secondary N) is 2. The Labute approximate surface area is 168 Å². The van der Waals surface area contributed by atoms with Gasteiger partial charge in [-0.25, -0.2) is 4.79 Å². The highest BCUT2D eigenvalue weighted by atomic mass is 16.5. The van der Waals surface area contributed by atoms with E-state index in [1.165, 1.54) is 6.92 Å². The number of urea groups is 1. The minimum absolute atomic E-state index is 0.397. The van der Waals surface area contributed by atoms with Crippen LogP contribution in [0.1, 0.15) is 27.2 Å². The molecule has 0 bridgehead atoms. The van der Waals surface area contributed by atoms with Crippen LogP contribution < -0.4 is 10.6 Å². The van der Waals surface area contributed by atoms with Gasteiger partial charge in [0.05, 0.1) is 0 Å². The van der Waals surface area contributed by atoms with Crippen LogP contribution in [0.15, 0.2) is 42.5 Å². The number of hydrogen-bond donors (Lipinski definition) is 2. The van der Waals surface area contributed by atoms with Crippen molar-refractivity contribution in [1.29, 1.82) is 0 Å². The summed E-state index contributed by atoms with van der Waals surface area (Å²) in [7, 11) is 0. The second-order valence-electron chi connectivity index (χ2n) is 7.19. The third kappa shape index (κ3) is 4.21. The Bertz CT molecular complexity index is 989. The van der Waals surface area contributed by atoms with E-state index in [1.807, 2.05) is 36.4 Å². The third-order valence-electron chi connectivity index (χ3n) is 5.03. The highest BCUT2D eigenvalue weighted by Gasteiger charge is 2.47. The molecule has 3 rings (SSSR count). The fourth-order valence-corrected chi connectivity index (χ4v) is 3.06. The van der Waals surface area contributed by atoms with Crippen LogP contribution in [0.2, 0.25) is 0 Å². The summed E-state index contributed by atoms with van der Waals surface area (Å²) in [5, 5.41) is 7.26. The molecule has 0 radical (unpaired) electrons. The summed E-state index contributed by atoms with van der Waals surface area (Å²) < 4.78 is 5.11. The van der Waals surface area contributed by atoms with E-state index in [1.54, 1.807) is 19.9 Å². The molecule has 2 N–H and O–H groups in total. The summed E-state index contributed by atoms with van der Waals surface area (Å²) in [6.45, 7) is 4.24. The number of nitrogens with zero attached hydrogens (tertiary/aromatic N) is 1. The average Bonchev–Trinajstić information content (AvgIpc) is 2.91. The van der Waals surface area contributed by atoms with Crippen LogP contribution in [0.25, 0.3) is 10.8 Å². The van der Waals surface area contributed by atoms with Crippen LogP contribution in [0.3, 0.4) is 0 Å². The second-order valence-corrected chi connectivity index (χ2v) is 7.19. The molecule has 1 aliphatic heterocycles. The van der Waals surface area contributed by atoms with Crippen molar-refractivity contribution < 1.29 is 23.9 Å². The molecule has 1 fully saturated rings. The maximum Gasteiger partial charge on any atom is 0.327 e. The predicted molar refractivity (Wildman–Crippen MR) is 107 cm³/mol. The standard InChI is InChI=1S/C21H23N3O5/c1-4-21(3)19(27)24(20(28)23-21)12-17(25)29-13(2)18(26)22-16-10-9-14-7-5-6-8-15(14)11-16/h5-11,13H,4,12H2,1-3H3,(H,22,26)(H,23,28)/t13-,21-/m0/s1. The van der Waals surface area contributed by atoms with Gasteiger partial charge in [0, 0.05) is 5.69 Å². The van der Waals surface area contributed by atoms with Gasteiger partial charge >= 0.3 is 12.0 Å². The number of hydrogen-bond acceptors (Lipinski definition) is 5. The van der Waals surface area contributed by atoms with Gasteiger partial charge in [-0.3, -0.25) is 19.3 Å². The highest BCUT2D eigenvalue weighted by Crippen LogP contribution is 2.21. The Balaban J connectivity index is 1.58. The van der Waals surface area contributed by atoms with Gasteiger partial charge in [-0.15, -0.1) is 0 Å². The molecule has 0 saturated carbocycles. The zero-order valence-corrected chi connectivity index (χ0v) is 16.5. The number of fused-ring (bicyclic) bond motifs is 1. The van der Waals surface area contributed by atoms with Gasteiger partial charge in [0.1, 0.15) is 12.1 Å². The monoisotopic (exact) mass is 397 g/mol. The molecule has 2 atom stereocenters. The van der Waals surface area contributed by atoms with Gasteiger partial charge in [-0.1, -0.05) is 37.3 Å². The number of amides is 4.